The van der Waals surface area contributed by atoms with Gasteiger partial charge >= 0.3 is 0 Å². The van der Waals surface area contributed by atoms with Crippen molar-refractivity contribution in [2.45, 2.75) is 39.0 Å². The predicted octanol–water partition coefficient (Wildman–Crippen LogP) is 3.39. The molecule has 0 aromatic rings. The van der Waals surface area contributed by atoms with E-state index in [-0.39, 0.29) is 0 Å². The van der Waals surface area contributed by atoms with Gasteiger partial charge in [-0.1, -0.05) is 18.6 Å². The summed E-state index contributed by atoms with van der Waals surface area (Å²) in [5, 5.41) is 0. The van der Waals surface area contributed by atoms with Crippen LogP contribution < -0.4 is 0 Å². The zero-order valence-electron chi connectivity index (χ0n) is 7.92. The zero-order chi connectivity index (χ0) is 8.13. The van der Waals surface area contributed by atoms with Gasteiger partial charge in [0.1, 0.15) is 0 Å². The quantitative estimate of drug-likeness (QED) is 0.518. The van der Waals surface area contributed by atoms with Gasteiger partial charge in [0.15, 0.2) is 0 Å². The molecule has 0 spiro atoms. The molecule has 66 valence electrons. The van der Waals surface area contributed by atoms with Crippen molar-refractivity contribution in [2.75, 3.05) is 0 Å². The minimum atomic E-state index is 1.05. The minimum Gasteiger partial charge on any atom is -0.0850 e. The van der Waals surface area contributed by atoms with Gasteiger partial charge in [-0.05, 0) is 55.8 Å². The van der Waals surface area contributed by atoms with Crippen LogP contribution in [-0.2, 0) is 0 Å². The van der Waals surface area contributed by atoms with Gasteiger partial charge in [-0.3, -0.25) is 0 Å². The van der Waals surface area contributed by atoms with Crippen molar-refractivity contribution in [3.8, 4) is 0 Å². The minimum absolute atomic E-state index is 1.05. The Morgan fingerprint density at radius 3 is 3.00 bits per heavy atom. The van der Waals surface area contributed by atoms with Gasteiger partial charge in [0, 0.05) is 0 Å². The monoisotopic (exact) mass is 162 g/mol. The summed E-state index contributed by atoms with van der Waals surface area (Å²) in [4.78, 5) is 0. The van der Waals surface area contributed by atoms with Gasteiger partial charge in [0.05, 0.1) is 0 Å². The first-order valence-corrected chi connectivity index (χ1v) is 5.60. The number of fused-ring (bicyclic) bond motifs is 1. The van der Waals surface area contributed by atoms with Crippen LogP contribution >= 0.6 is 0 Å². The lowest BCUT2D eigenvalue weighted by atomic mass is 9.60. The normalized spacial score (nSPS) is 52.6. The van der Waals surface area contributed by atoms with Gasteiger partial charge < -0.3 is 0 Å². The molecule has 0 amide bonds. The molecule has 3 fully saturated rings. The summed E-state index contributed by atoms with van der Waals surface area (Å²) in [6.07, 6.45) is 9.99. The third-order valence-corrected chi connectivity index (χ3v) is 4.41. The number of hydrogen-bond acceptors (Lipinski definition) is 0. The maximum Gasteiger partial charge on any atom is -0.0164 e. The van der Waals surface area contributed by atoms with Gasteiger partial charge in [0.25, 0.3) is 0 Å². The van der Waals surface area contributed by atoms with Crippen LogP contribution in [0.1, 0.15) is 39.0 Å². The average molecular weight is 162 g/mol. The van der Waals surface area contributed by atoms with Gasteiger partial charge in [-0.2, -0.15) is 0 Å². The first-order valence-electron chi connectivity index (χ1n) is 5.60. The summed E-state index contributed by atoms with van der Waals surface area (Å²) in [6.45, 7) is 2.28. The van der Waals surface area contributed by atoms with E-state index >= 15 is 0 Å². The van der Waals surface area contributed by atoms with Crippen molar-refractivity contribution < 1.29 is 0 Å². The lowest BCUT2D eigenvalue weighted by Gasteiger charge is -2.45. The Morgan fingerprint density at radius 1 is 1.25 bits per heavy atom. The maximum absolute atomic E-state index is 2.53. The molecular formula is C12H18. The van der Waals surface area contributed by atoms with E-state index in [0.717, 1.165) is 23.7 Å². The van der Waals surface area contributed by atoms with Gasteiger partial charge in [-0.15, -0.1) is 0 Å². The van der Waals surface area contributed by atoms with Crippen LogP contribution in [0.2, 0.25) is 0 Å². The molecule has 0 N–H and O–H groups in total. The molecule has 3 aliphatic carbocycles. The van der Waals surface area contributed by atoms with E-state index in [1.165, 1.54) is 12.8 Å². The number of allylic oxidation sites excluding steroid dienone is 2. The maximum atomic E-state index is 2.53. The van der Waals surface area contributed by atoms with Crippen LogP contribution in [0.4, 0.5) is 0 Å². The molecule has 0 nitrogen and oxygen atoms in total. The molecule has 0 unspecified atom stereocenters. The predicted molar refractivity (Wildman–Crippen MR) is 50.8 cm³/mol. The van der Waals surface area contributed by atoms with Crippen LogP contribution in [0.25, 0.3) is 0 Å². The molecule has 2 bridgehead atoms. The van der Waals surface area contributed by atoms with E-state index in [4.69, 9.17) is 0 Å². The molecular weight excluding hydrogens is 144 g/mol. The highest BCUT2D eigenvalue weighted by Crippen LogP contribution is 2.63. The summed E-state index contributed by atoms with van der Waals surface area (Å²) in [5.74, 6) is 4.37. The number of hydrogen-bond donors (Lipinski definition) is 0. The Bertz CT molecular complexity index is 218. The topological polar surface area (TPSA) is 0 Å². The van der Waals surface area contributed by atoms with Gasteiger partial charge in [0.2, 0.25) is 0 Å². The third-order valence-electron chi connectivity index (χ3n) is 4.41. The highest BCUT2D eigenvalue weighted by molar-refractivity contribution is 5.28. The second-order valence-electron chi connectivity index (χ2n) is 4.90. The van der Waals surface area contributed by atoms with Crippen LogP contribution in [0.15, 0.2) is 11.6 Å². The zero-order valence-corrected chi connectivity index (χ0v) is 7.92. The molecule has 0 radical (unpaired) electrons. The van der Waals surface area contributed by atoms with Crippen molar-refractivity contribution in [1.82, 2.24) is 0 Å². The van der Waals surface area contributed by atoms with Crippen LogP contribution in [-0.4, -0.2) is 0 Å². The van der Waals surface area contributed by atoms with Crippen LogP contribution in [0, 0.1) is 23.7 Å². The van der Waals surface area contributed by atoms with E-state index in [9.17, 15) is 0 Å². The Labute approximate surface area is 75.0 Å². The fourth-order valence-corrected chi connectivity index (χ4v) is 3.98. The molecule has 0 heterocycles. The molecule has 4 atom stereocenters. The SMILES string of the molecule is CC/C=C1/[C@H]2CC[C@@H]3C[C@H]2[C@H]1C3. The van der Waals surface area contributed by atoms with E-state index in [1.807, 2.05) is 5.57 Å². The van der Waals surface area contributed by atoms with Crippen molar-refractivity contribution in [3.05, 3.63) is 11.6 Å². The second kappa shape index (κ2) is 2.37. The summed E-state index contributed by atoms with van der Waals surface area (Å²) >= 11 is 0. The Hall–Kier alpha value is -0.260. The molecule has 0 heteroatoms. The summed E-state index contributed by atoms with van der Waals surface area (Å²) in [5.41, 5.74) is 1.86. The molecule has 0 saturated heterocycles. The lowest BCUT2D eigenvalue weighted by molar-refractivity contribution is 0.172. The smallest absolute Gasteiger partial charge is 0.0164 e. The Morgan fingerprint density at radius 2 is 2.17 bits per heavy atom. The largest absolute Gasteiger partial charge is 0.0850 e. The first kappa shape index (κ1) is 7.17. The molecule has 0 aromatic carbocycles. The molecule has 0 aliphatic heterocycles. The highest BCUT2D eigenvalue weighted by atomic mass is 14.6. The molecule has 3 saturated carbocycles. The fourth-order valence-electron chi connectivity index (χ4n) is 3.98. The first-order chi connectivity index (χ1) is 5.90. The van der Waals surface area contributed by atoms with E-state index in [1.54, 1.807) is 19.3 Å². The van der Waals surface area contributed by atoms with Crippen LogP contribution in [0.3, 0.4) is 0 Å². The Balaban J connectivity index is 1.89. The fraction of sp³-hybridized carbons (Fsp3) is 0.833. The lowest BCUT2D eigenvalue weighted by Crippen LogP contribution is -2.36. The molecule has 3 rings (SSSR count). The molecule has 12 heavy (non-hydrogen) atoms. The third kappa shape index (κ3) is 0.739. The van der Waals surface area contributed by atoms with E-state index in [2.05, 4.69) is 13.0 Å². The molecule has 0 aromatic heterocycles. The summed E-state index contributed by atoms with van der Waals surface area (Å²) in [6, 6.07) is 0. The average Bonchev–Trinajstić information content (AvgIpc) is 2.27. The second-order valence-corrected chi connectivity index (χ2v) is 4.90. The summed E-state index contributed by atoms with van der Waals surface area (Å²) < 4.78 is 0. The highest BCUT2D eigenvalue weighted by Gasteiger charge is 2.53. The van der Waals surface area contributed by atoms with Crippen molar-refractivity contribution >= 4 is 0 Å². The Kier molecular flexibility index (Phi) is 1.42. The van der Waals surface area contributed by atoms with Crippen molar-refractivity contribution in [2.24, 2.45) is 23.7 Å². The molecule has 3 aliphatic rings. The standard InChI is InChI=1S/C12H18/c1-2-3-9-10-5-4-8-6-11(9)12(10)7-8/h3,8,10-12H,2,4-7H2,1H3/b9-3-/t8-,10+,11-,12+/m0/s1. The van der Waals surface area contributed by atoms with Gasteiger partial charge in [-0.25, -0.2) is 0 Å². The van der Waals surface area contributed by atoms with Crippen molar-refractivity contribution in [3.63, 3.8) is 0 Å². The van der Waals surface area contributed by atoms with E-state index in [0.29, 0.717) is 0 Å². The van der Waals surface area contributed by atoms with Crippen LogP contribution in [0.5, 0.6) is 0 Å². The summed E-state index contributed by atoms with van der Waals surface area (Å²) in [7, 11) is 0. The number of rotatable bonds is 1. The van der Waals surface area contributed by atoms with E-state index < -0.39 is 0 Å². The van der Waals surface area contributed by atoms with Crippen molar-refractivity contribution in [1.29, 1.82) is 0 Å².